The number of aromatic nitrogens is 1. The molecule has 60 valence electrons. The number of nitrogens with two attached hydrogens (primary N) is 1. The predicted molar refractivity (Wildman–Crippen MR) is 45.2 cm³/mol. The first-order valence-electron chi connectivity index (χ1n) is 4.03. The van der Waals surface area contributed by atoms with Crippen molar-refractivity contribution in [2.45, 2.75) is 19.4 Å². The molecule has 4 N–H and O–H groups in total. The molecule has 0 spiro atoms. The summed E-state index contributed by atoms with van der Waals surface area (Å²) in [5, 5.41) is 3.33. The third kappa shape index (κ3) is 1.24. The summed E-state index contributed by atoms with van der Waals surface area (Å²) in [6, 6.07) is 2.04. The van der Waals surface area contributed by atoms with Gasteiger partial charge in [-0.2, -0.15) is 0 Å². The zero-order chi connectivity index (χ0) is 7.68. The van der Waals surface area contributed by atoms with E-state index in [0.29, 0.717) is 0 Å². The van der Waals surface area contributed by atoms with E-state index in [-0.39, 0.29) is 0 Å². The monoisotopic (exact) mass is 151 g/mol. The van der Waals surface area contributed by atoms with E-state index < -0.39 is 0 Å². The van der Waals surface area contributed by atoms with E-state index in [9.17, 15) is 0 Å². The molecule has 0 aliphatic carbocycles. The van der Waals surface area contributed by atoms with Gasteiger partial charge in [0.1, 0.15) is 5.82 Å². The quantitative estimate of drug-likeness (QED) is 0.509. The maximum Gasteiger partial charge on any atom is 0.101 e. The molecule has 0 bridgehead atoms. The summed E-state index contributed by atoms with van der Waals surface area (Å²) >= 11 is 0. The second-order valence-electron chi connectivity index (χ2n) is 3.01. The highest BCUT2D eigenvalue weighted by Gasteiger charge is 2.08. The summed E-state index contributed by atoms with van der Waals surface area (Å²) in [5.41, 5.74) is 8.27. The third-order valence-electron chi connectivity index (χ3n) is 2.11. The Balaban J connectivity index is 2.32. The van der Waals surface area contributed by atoms with Crippen molar-refractivity contribution in [1.82, 2.24) is 10.3 Å². The van der Waals surface area contributed by atoms with E-state index in [4.69, 9.17) is 5.73 Å². The molecule has 2 rings (SSSR count). The molecule has 0 saturated heterocycles. The second kappa shape index (κ2) is 2.58. The van der Waals surface area contributed by atoms with Crippen LogP contribution in [0, 0.1) is 0 Å². The Hall–Kier alpha value is -0.960. The molecule has 3 heteroatoms. The molecule has 0 radical (unpaired) electrons. The van der Waals surface area contributed by atoms with Crippen molar-refractivity contribution in [3.05, 3.63) is 17.3 Å². The first-order chi connectivity index (χ1) is 5.36. The summed E-state index contributed by atoms with van der Waals surface area (Å²) in [4.78, 5) is 3.15. The van der Waals surface area contributed by atoms with Crippen molar-refractivity contribution < 1.29 is 0 Å². The maximum absolute atomic E-state index is 5.63. The minimum absolute atomic E-state index is 0.790. The van der Waals surface area contributed by atoms with E-state index in [0.717, 1.165) is 25.3 Å². The average Bonchev–Trinajstić information content (AvgIpc) is 2.17. The second-order valence-corrected chi connectivity index (χ2v) is 3.01. The minimum atomic E-state index is 0.790. The number of aromatic amines is 1. The highest BCUT2D eigenvalue weighted by Crippen LogP contribution is 2.16. The van der Waals surface area contributed by atoms with Crippen LogP contribution < -0.4 is 11.1 Å². The molecule has 1 aromatic heterocycles. The summed E-state index contributed by atoms with van der Waals surface area (Å²) in [5.74, 6) is 0.790. The van der Waals surface area contributed by atoms with Crippen LogP contribution in [0.1, 0.15) is 17.7 Å². The largest absolute Gasteiger partial charge is 0.385 e. The number of fused-ring (bicyclic) bond motifs is 1. The van der Waals surface area contributed by atoms with E-state index in [1.807, 2.05) is 6.07 Å². The van der Waals surface area contributed by atoms with Gasteiger partial charge in [-0.1, -0.05) is 0 Å². The number of H-pyrrole nitrogens is 1. The molecule has 3 nitrogen and oxygen atoms in total. The number of hydrogen-bond acceptors (Lipinski definition) is 2. The summed E-state index contributed by atoms with van der Waals surface area (Å²) < 4.78 is 0. The molecule has 0 saturated carbocycles. The summed E-state index contributed by atoms with van der Waals surface area (Å²) in [6.45, 7) is 2.05. The van der Waals surface area contributed by atoms with Gasteiger partial charge in [0.15, 0.2) is 0 Å². The van der Waals surface area contributed by atoms with Gasteiger partial charge in [0.05, 0.1) is 0 Å². The van der Waals surface area contributed by atoms with Crippen molar-refractivity contribution in [1.29, 1.82) is 0 Å². The van der Waals surface area contributed by atoms with Gasteiger partial charge >= 0.3 is 0 Å². The topological polar surface area (TPSA) is 53.8 Å². The molecule has 0 amide bonds. The lowest BCUT2D eigenvalue weighted by Gasteiger charge is -1.96. The lowest BCUT2D eigenvalue weighted by Crippen LogP contribution is -2.12. The van der Waals surface area contributed by atoms with Crippen LogP contribution in [-0.4, -0.2) is 11.5 Å². The lowest BCUT2D eigenvalue weighted by molar-refractivity contribution is 0.674. The van der Waals surface area contributed by atoms with Crippen LogP contribution in [0.25, 0.3) is 0 Å². The summed E-state index contributed by atoms with van der Waals surface area (Å²) in [7, 11) is 0. The van der Waals surface area contributed by atoms with Crippen molar-refractivity contribution in [3.63, 3.8) is 0 Å². The summed E-state index contributed by atoms with van der Waals surface area (Å²) in [6.07, 6.45) is 2.36. The Morgan fingerprint density at radius 1 is 1.45 bits per heavy atom. The molecule has 0 atom stereocenters. The SMILES string of the molecule is Nc1cc2c([nH]1)CNCCC2. The highest BCUT2D eigenvalue weighted by molar-refractivity contribution is 5.39. The van der Waals surface area contributed by atoms with Gasteiger partial charge in [-0.15, -0.1) is 0 Å². The number of rotatable bonds is 0. The van der Waals surface area contributed by atoms with Crippen LogP contribution in [0.2, 0.25) is 0 Å². The smallest absolute Gasteiger partial charge is 0.101 e. The Morgan fingerprint density at radius 3 is 3.27 bits per heavy atom. The Morgan fingerprint density at radius 2 is 2.36 bits per heavy atom. The van der Waals surface area contributed by atoms with Crippen LogP contribution in [0.5, 0.6) is 0 Å². The first-order valence-corrected chi connectivity index (χ1v) is 4.03. The minimum Gasteiger partial charge on any atom is -0.385 e. The van der Waals surface area contributed by atoms with Crippen LogP contribution in [0.4, 0.5) is 5.82 Å². The number of nitrogen functional groups attached to an aromatic ring is 1. The average molecular weight is 151 g/mol. The molecule has 11 heavy (non-hydrogen) atoms. The third-order valence-corrected chi connectivity index (χ3v) is 2.11. The van der Waals surface area contributed by atoms with Crippen molar-refractivity contribution in [3.8, 4) is 0 Å². The van der Waals surface area contributed by atoms with Crippen molar-refractivity contribution in [2.75, 3.05) is 12.3 Å². The Labute approximate surface area is 66.0 Å². The fraction of sp³-hybridized carbons (Fsp3) is 0.500. The van der Waals surface area contributed by atoms with Gasteiger partial charge in [0.25, 0.3) is 0 Å². The molecule has 2 heterocycles. The van der Waals surface area contributed by atoms with E-state index in [1.54, 1.807) is 0 Å². The maximum atomic E-state index is 5.63. The van der Waals surface area contributed by atoms with Crippen molar-refractivity contribution >= 4 is 5.82 Å². The van der Waals surface area contributed by atoms with E-state index >= 15 is 0 Å². The van der Waals surface area contributed by atoms with Gasteiger partial charge in [-0.05, 0) is 31.0 Å². The van der Waals surface area contributed by atoms with Crippen molar-refractivity contribution in [2.24, 2.45) is 0 Å². The number of nitrogens with one attached hydrogen (secondary N) is 2. The number of anilines is 1. The van der Waals surface area contributed by atoms with Gasteiger partial charge in [-0.25, -0.2) is 0 Å². The molecular formula is C8H13N3. The van der Waals surface area contributed by atoms with E-state index in [2.05, 4.69) is 10.3 Å². The zero-order valence-electron chi connectivity index (χ0n) is 6.48. The standard InChI is InChI=1S/C8H13N3/c9-8-4-6-2-1-3-10-5-7(6)11-8/h4,10-11H,1-3,5,9H2. The Kier molecular flexibility index (Phi) is 1.58. The molecule has 1 aliphatic heterocycles. The first kappa shape index (κ1) is 6.73. The molecule has 1 aliphatic rings. The van der Waals surface area contributed by atoms with Gasteiger partial charge < -0.3 is 16.0 Å². The zero-order valence-corrected chi connectivity index (χ0v) is 6.48. The normalized spacial score (nSPS) is 17.5. The highest BCUT2D eigenvalue weighted by atomic mass is 14.9. The van der Waals surface area contributed by atoms with Gasteiger partial charge in [0, 0.05) is 12.2 Å². The lowest BCUT2D eigenvalue weighted by atomic mass is 10.1. The molecular weight excluding hydrogens is 138 g/mol. The molecule has 1 aromatic rings. The van der Waals surface area contributed by atoms with Crippen LogP contribution in [0.15, 0.2) is 6.07 Å². The molecule has 0 fully saturated rings. The van der Waals surface area contributed by atoms with Crippen LogP contribution in [0.3, 0.4) is 0 Å². The fourth-order valence-corrected chi connectivity index (χ4v) is 1.56. The van der Waals surface area contributed by atoms with Crippen LogP contribution in [-0.2, 0) is 13.0 Å². The van der Waals surface area contributed by atoms with Crippen LogP contribution >= 0.6 is 0 Å². The predicted octanol–water partition coefficient (Wildman–Crippen LogP) is 0.633. The van der Waals surface area contributed by atoms with Gasteiger partial charge in [0.2, 0.25) is 0 Å². The molecule has 0 aromatic carbocycles. The number of hydrogen-bond donors (Lipinski definition) is 3. The number of aryl methyl sites for hydroxylation is 1. The van der Waals surface area contributed by atoms with E-state index in [1.165, 1.54) is 17.7 Å². The fourth-order valence-electron chi connectivity index (χ4n) is 1.56. The van der Waals surface area contributed by atoms with Gasteiger partial charge in [-0.3, -0.25) is 0 Å². The molecule has 0 unspecified atom stereocenters. The Bertz CT molecular complexity index is 228.